The highest BCUT2D eigenvalue weighted by molar-refractivity contribution is 5.80. The van der Waals surface area contributed by atoms with E-state index in [1.54, 1.807) is 33.2 Å². The lowest BCUT2D eigenvalue weighted by atomic mass is 9.77. The van der Waals surface area contributed by atoms with Crippen LogP contribution in [0.15, 0.2) is 102 Å². The second-order valence-corrected chi connectivity index (χ2v) is 11.6. The van der Waals surface area contributed by atoms with E-state index in [-0.39, 0.29) is 18.9 Å². The predicted molar refractivity (Wildman–Crippen MR) is 181 cm³/mol. The van der Waals surface area contributed by atoms with Gasteiger partial charge in [-0.25, -0.2) is 14.4 Å². The summed E-state index contributed by atoms with van der Waals surface area (Å²) >= 11 is 0. The van der Waals surface area contributed by atoms with Crippen LogP contribution in [0.3, 0.4) is 0 Å². The maximum atomic E-state index is 13.1. The van der Waals surface area contributed by atoms with E-state index >= 15 is 0 Å². The van der Waals surface area contributed by atoms with E-state index in [2.05, 4.69) is 20.4 Å². The molecular formula is C36H42N4O9. The minimum absolute atomic E-state index is 0.165. The van der Waals surface area contributed by atoms with E-state index in [1.807, 2.05) is 84.9 Å². The Bertz CT molecular complexity index is 1680. The average Bonchev–Trinajstić information content (AvgIpc) is 3.50. The number of aromatic nitrogens is 2. The molecule has 13 nitrogen and oxygen atoms in total. The smallest absolute Gasteiger partial charge is 0.407 e. The van der Waals surface area contributed by atoms with Gasteiger partial charge in [0, 0.05) is 12.6 Å². The third-order valence-electron chi connectivity index (χ3n) is 8.17. The Labute approximate surface area is 284 Å². The maximum absolute atomic E-state index is 13.1. The molecule has 260 valence electrons. The van der Waals surface area contributed by atoms with Crippen LogP contribution in [-0.2, 0) is 19.8 Å². The largest absolute Gasteiger partial charge is 0.497 e. The zero-order chi connectivity index (χ0) is 35.6. The number of aliphatic carboxylic acids is 1. The summed E-state index contributed by atoms with van der Waals surface area (Å²) in [5.74, 6) is -0.113. The van der Waals surface area contributed by atoms with Crippen molar-refractivity contribution < 1.29 is 39.1 Å². The van der Waals surface area contributed by atoms with Crippen LogP contribution in [0, 0.1) is 5.92 Å². The quantitative estimate of drug-likeness (QED) is 0.146. The van der Waals surface area contributed by atoms with E-state index in [4.69, 9.17) is 14.6 Å². The fourth-order valence-corrected chi connectivity index (χ4v) is 5.58. The number of ether oxygens (including phenoxy) is 3. The zero-order valence-electron chi connectivity index (χ0n) is 27.7. The van der Waals surface area contributed by atoms with Crippen LogP contribution in [0.4, 0.5) is 10.6 Å². The number of nitrogens with zero attached hydrogens (tertiary/aromatic N) is 2. The fourth-order valence-electron chi connectivity index (χ4n) is 5.58. The lowest BCUT2D eigenvalue weighted by molar-refractivity contribution is -0.140. The molecule has 2 heterocycles. The van der Waals surface area contributed by atoms with Gasteiger partial charge < -0.3 is 40.2 Å². The number of amides is 1. The minimum atomic E-state index is -1.06. The molecule has 0 saturated carbocycles. The summed E-state index contributed by atoms with van der Waals surface area (Å²) in [6, 6.07) is 28.6. The molecule has 49 heavy (non-hydrogen) atoms. The number of methoxy groups -OCH3 is 2. The number of anilines is 1. The van der Waals surface area contributed by atoms with Crippen LogP contribution in [-0.4, -0.2) is 76.0 Å². The third kappa shape index (κ3) is 8.62. The van der Waals surface area contributed by atoms with Gasteiger partial charge in [-0.15, -0.1) is 0 Å². The molecule has 4 atom stereocenters. The Morgan fingerprint density at radius 1 is 0.959 bits per heavy atom. The van der Waals surface area contributed by atoms with Crippen LogP contribution in [0.2, 0.25) is 0 Å². The predicted octanol–water partition coefficient (Wildman–Crippen LogP) is 3.75. The Morgan fingerprint density at radius 3 is 1.98 bits per heavy atom. The second-order valence-electron chi connectivity index (χ2n) is 11.6. The van der Waals surface area contributed by atoms with E-state index in [9.17, 15) is 24.6 Å². The van der Waals surface area contributed by atoms with Crippen molar-refractivity contribution in [3.8, 4) is 5.75 Å². The summed E-state index contributed by atoms with van der Waals surface area (Å²) in [6.07, 6.45) is -1.20. The van der Waals surface area contributed by atoms with Crippen molar-refractivity contribution >= 4 is 17.9 Å². The fraction of sp³-hybridized carbons (Fsp3) is 0.333. The number of alkyl carbamates (subject to hydrolysis) is 1. The number of aliphatic hydroxyl groups excluding tert-OH is 2. The number of carboxylic acid groups (broad SMARTS) is 1. The van der Waals surface area contributed by atoms with Crippen molar-refractivity contribution in [3.05, 3.63) is 124 Å². The molecule has 13 heteroatoms. The number of carbonyl (C=O) groups is 2. The number of hydrogen-bond donors (Lipinski definition) is 5. The summed E-state index contributed by atoms with van der Waals surface area (Å²) < 4.78 is 16.6. The molecule has 0 radical (unpaired) electrons. The van der Waals surface area contributed by atoms with Crippen molar-refractivity contribution in [2.45, 2.75) is 50.3 Å². The Balaban J connectivity index is 0.000000386. The topological polar surface area (TPSA) is 181 Å². The Hall–Kier alpha value is -5.24. The minimum Gasteiger partial charge on any atom is -0.497 e. The SMILES string of the molecule is COC(=O)NC(C(=O)O)C(C)C.COc1ccc(C(Nc2ccn([C@@H]3CC(O)[C@H](CO)O3)c(=O)n2)(c2ccccc2)c2ccccc2)cc1. The summed E-state index contributed by atoms with van der Waals surface area (Å²) in [7, 11) is 2.82. The number of aliphatic hydroxyl groups is 2. The first-order chi connectivity index (χ1) is 23.5. The first-order valence-corrected chi connectivity index (χ1v) is 15.7. The van der Waals surface area contributed by atoms with Crippen molar-refractivity contribution in [2.75, 3.05) is 26.1 Å². The van der Waals surface area contributed by atoms with Crippen molar-refractivity contribution in [2.24, 2.45) is 5.92 Å². The van der Waals surface area contributed by atoms with Gasteiger partial charge in [0.1, 0.15) is 35.5 Å². The number of carbonyl (C=O) groups excluding carboxylic acids is 1. The van der Waals surface area contributed by atoms with Gasteiger partial charge in [0.15, 0.2) is 0 Å². The molecule has 4 aromatic rings. The van der Waals surface area contributed by atoms with Gasteiger partial charge in [-0.05, 0) is 40.8 Å². The molecule has 1 saturated heterocycles. The Kier molecular flexibility index (Phi) is 12.5. The second kappa shape index (κ2) is 16.7. The van der Waals surface area contributed by atoms with Gasteiger partial charge >= 0.3 is 17.8 Å². The first kappa shape index (κ1) is 36.6. The number of carboxylic acids is 1. The van der Waals surface area contributed by atoms with E-state index in [1.165, 1.54) is 11.7 Å². The van der Waals surface area contributed by atoms with Crippen LogP contribution in [0.1, 0.15) is 43.2 Å². The highest BCUT2D eigenvalue weighted by Gasteiger charge is 2.38. The molecule has 2 unspecified atom stereocenters. The first-order valence-electron chi connectivity index (χ1n) is 15.7. The van der Waals surface area contributed by atoms with Gasteiger partial charge in [0.05, 0.1) is 26.9 Å². The molecular weight excluding hydrogens is 632 g/mol. The molecule has 1 aliphatic rings. The van der Waals surface area contributed by atoms with Crippen molar-refractivity contribution in [1.29, 1.82) is 0 Å². The van der Waals surface area contributed by atoms with Crippen LogP contribution in [0.5, 0.6) is 5.75 Å². The normalized spacial score (nSPS) is 17.7. The number of benzene rings is 3. The Morgan fingerprint density at radius 2 is 1.53 bits per heavy atom. The van der Waals surface area contributed by atoms with Gasteiger partial charge in [-0.3, -0.25) is 4.57 Å². The van der Waals surface area contributed by atoms with Gasteiger partial charge in [-0.2, -0.15) is 4.98 Å². The molecule has 1 fully saturated rings. The molecule has 1 aliphatic heterocycles. The summed E-state index contributed by atoms with van der Waals surface area (Å²) in [4.78, 5) is 38.6. The zero-order valence-corrected chi connectivity index (χ0v) is 27.7. The monoisotopic (exact) mass is 674 g/mol. The molecule has 3 aromatic carbocycles. The molecule has 5 rings (SSSR count). The van der Waals surface area contributed by atoms with Crippen molar-refractivity contribution in [1.82, 2.24) is 14.9 Å². The van der Waals surface area contributed by atoms with E-state index < -0.39 is 47.8 Å². The number of hydrogen-bond acceptors (Lipinski definition) is 10. The van der Waals surface area contributed by atoms with E-state index in [0.717, 1.165) is 22.4 Å². The average molecular weight is 675 g/mol. The lowest BCUT2D eigenvalue weighted by Gasteiger charge is -2.37. The third-order valence-corrected chi connectivity index (χ3v) is 8.17. The van der Waals surface area contributed by atoms with Crippen molar-refractivity contribution in [3.63, 3.8) is 0 Å². The highest BCUT2D eigenvalue weighted by Crippen LogP contribution is 2.40. The maximum Gasteiger partial charge on any atom is 0.407 e. The molecule has 0 aliphatic carbocycles. The van der Waals surface area contributed by atoms with Crippen LogP contribution >= 0.6 is 0 Å². The number of nitrogens with one attached hydrogen (secondary N) is 2. The summed E-state index contributed by atoms with van der Waals surface area (Å²) in [5, 5.41) is 33.9. The van der Waals surface area contributed by atoms with Crippen LogP contribution < -0.4 is 21.1 Å². The molecule has 5 N–H and O–H groups in total. The lowest BCUT2D eigenvalue weighted by Crippen LogP contribution is -2.44. The van der Waals surface area contributed by atoms with Gasteiger partial charge in [0.2, 0.25) is 0 Å². The molecule has 0 spiro atoms. The number of rotatable bonds is 11. The standard InChI is InChI=1S/C29H29N3O5.C7H13NO4/c1-36-23-14-12-22(13-15-23)29(20-8-4-2-5-9-20,21-10-6-3-7-11-21)31-26-16-17-32(28(35)30-26)27-18-24(34)25(19-33)37-27;1-4(2)5(6(9)10)8-7(11)12-3/h2-17,24-25,27,33-34H,18-19H2,1H3,(H,30,31,35);4-5H,1-3H3,(H,8,11)(H,9,10)/t24?,25-,27-;/m0./s1. The molecule has 0 bridgehead atoms. The molecule has 1 amide bonds. The summed E-state index contributed by atoms with van der Waals surface area (Å²) in [5.41, 5.74) is 1.47. The van der Waals surface area contributed by atoms with Gasteiger partial charge in [0.25, 0.3) is 0 Å². The van der Waals surface area contributed by atoms with Crippen LogP contribution in [0.25, 0.3) is 0 Å². The summed E-state index contributed by atoms with van der Waals surface area (Å²) in [6.45, 7) is 3.08. The highest BCUT2D eigenvalue weighted by atomic mass is 16.5. The van der Waals surface area contributed by atoms with Gasteiger partial charge in [-0.1, -0.05) is 86.6 Å². The van der Waals surface area contributed by atoms with E-state index in [0.29, 0.717) is 5.82 Å². The molecule has 1 aromatic heterocycles.